The third-order valence-corrected chi connectivity index (χ3v) is 0.940. The lowest BCUT2D eigenvalue weighted by Gasteiger charge is -1.82. The van der Waals surface area contributed by atoms with E-state index in [0.717, 1.165) is 0 Å². The second kappa shape index (κ2) is 24.1. The van der Waals surface area contributed by atoms with Crippen LogP contribution in [-0.4, -0.2) is 4.43 Å². The van der Waals surface area contributed by atoms with Crippen LogP contribution in [0, 0.1) is 6.92 Å². The molecule has 0 saturated heterocycles. The molecule has 0 aromatic heterocycles. The number of halogens is 1. The van der Waals surface area contributed by atoms with Crippen LogP contribution in [-0.2, 0) is 0 Å². The van der Waals surface area contributed by atoms with Crippen LogP contribution in [0.4, 0.5) is 0 Å². The zero-order chi connectivity index (χ0) is 13.2. The molecule has 0 spiro atoms. The molecule has 1 rings (SSSR count). The highest BCUT2D eigenvalue weighted by molar-refractivity contribution is 14.1. The van der Waals surface area contributed by atoms with E-state index in [4.69, 9.17) is 0 Å². The standard InChI is InChI=1S/C7H8.C3H8.C3H6.C2H5I/c1-7-5-3-2-4-6-7;2*1-3-2;1-2-3/h2-6H,1H3;3H2,1-2H3;3H,1H2,2H3;2H2,1H3. The van der Waals surface area contributed by atoms with Crippen LogP contribution in [0.1, 0.15) is 39.7 Å². The van der Waals surface area contributed by atoms with Crippen molar-refractivity contribution in [1.29, 1.82) is 0 Å². The maximum Gasteiger partial charge on any atom is -0.00332 e. The summed E-state index contributed by atoms with van der Waals surface area (Å²) < 4.78 is 1.22. The summed E-state index contributed by atoms with van der Waals surface area (Å²) in [7, 11) is 0. The number of alkyl halides is 1. The molecule has 0 aliphatic rings. The van der Waals surface area contributed by atoms with Gasteiger partial charge in [0.05, 0.1) is 0 Å². The molecule has 0 amide bonds. The van der Waals surface area contributed by atoms with E-state index in [9.17, 15) is 0 Å². The minimum absolute atomic E-state index is 1.22. The molecule has 94 valence electrons. The molecule has 0 saturated carbocycles. The normalized spacial score (nSPS) is 6.88. The van der Waals surface area contributed by atoms with Gasteiger partial charge in [-0.2, -0.15) is 0 Å². The summed E-state index contributed by atoms with van der Waals surface area (Å²) in [5, 5.41) is 0. The average Bonchev–Trinajstić information content (AvgIpc) is 2.22. The van der Waals surface area contributed by atoms with Crippen LogP contribution in [0.25, 0.3) is 0 Å². The average molecular weight is 334 g/mol. The van der Waals surface area contributed by atoms with Crippen molar-refractivity contribution in [3.8, 4) is 0 Å². The van der Waals surface area contributed by atoms with Gasteiger partial charge in [0.2, 0.25) is 0 Å². The topological polar surface area (TPSA) is 0 Å². The molecular weight excluding hydrogens is 307 g/mol. The van der Waals surface area contributed by atoms with Gasteiger partial charge < -0.3 is 0 Å². The van der Waals surface area contributed by atoms with Crippen LogP contribution in [0.2, 0.25) is 0 Å². The summed E-state index contributed by atoms with van der Waals surface area (Å²) in [6, 6.07) is 10.3. The highest BCUT2D eigenvalue weighted by atomic mass is 127. The minimum atomic E-state index is 1.22. The first kappa shape index (κ1) is 21.0. The van der Waals surface area contributed by atoms with Crippen molar-refractivity contribution in [3.05, 3.63) is 48.6 Å². The Labute approximate surface area is 116 Å². The third kappa shape index (κ3) is 37.3. The molecule has 1 aromatic rings. The third-order valence-electron chi connectivity index (χ3n) is 0.940. The van der Waals surface area contributed by atoms with Gasteiger partial charge >= 0.3 is 0 Å². The van der Waals surface area contributed by atoms with Gasteiger partial charge in [0, 0.05) is 0 Å². The van der Waals surface area contributed by atoms with Gasteiger partial charge in [-0.05, 0) is 18.3 Å². The van der Waals surface area contributed by atoms with Gasteiger partial charge in [-0.3, -0.25) is 0 Å². The Morgan fingerprint density at radius 1 is 1.12 bits per heavy atom. The number of hydrogen-bond acceptors (Lipinski definition) is 0. The second-order valence-corrected chi connectivity index (χ2v) is 4.56. The fraction of sp³-hybridized carbons (Fsp3) is 0.467. The first-order valence-corrected chi connectivity index (χ1v) is 7.31. The predicted molar refractivity (Wildman–Crippen MR) is 87.6 cm³/mol. The van der Waals surface area contributed by atoms with Gasteiger partial charge in [0.1, 0.15) is 0 Å². The Hall–Kier alpha value is -0.310. The first-order valence-electron chi connectivity index (χ1n) is 5.78. The van der Waals surface area contributed by atoms with E-state index in [1.165, 1.54) is 16.4 Å². The summed E-state index contributed by atoms with van der Waals surface area (Å²) in [5.41, 5.74) is 1.32. The minimum Gasteiger partial charge on any atom is -0.103 e. The van der Waals surface area contributed by atoms with Crippen LogP contribution >= 0.6 is 22.6 Å². The van der Waals surface area contributed by atoms with Gasteiger partial charge in [-0.25, -0.2) is 0 Å². The van der Waals surface area contributed by atoms with E-state index in [-0.39, 0.29) is 0 Å². The number of rotatable bonds is 0. The van der Waals surface area contributed by atoms with E-state index >= 15 is 0 Å². The highest BCUT2D eigenvalue weighted by Crippen LogP contribution is 1.92. The zero-order valence-electron chi connectivity index (χ0n) is 11.5. The summed E-state index contributed by atoms with van der Waals surface area (Å²) in [5.74, 6) is 0. The van der Waals surface area contributed by atoms with Crippen LogP contribution in [0.3, 0.4) is 0 Å². The lowest BCUT2D eigenvalue weighted by atomic mass is 10.2. The fourth-order valence-electron chi connectivity index (χ4n) is 0.534. The smallest absolute Gasteiger partial charge is 0.00332 e. The second-order valence-electron chi connectivity index (χ2n) is 3.04. The monoisotopic (exact) mass is 334 g/mol. The molecule has 0 heterocycles. The molecule has 0 fully saturated rings. The first-order chi connectivity index (χ1) is 7.64. The molecule has 16 heavy (non-hydrogen) atoms. The Morgan fingerprint density at radius 3 is 1.50 bits per heavy atom. The highest BCUT2D eigenvalue weighted by Gasteiger charge is 1.72. The van der Waals surface area contributed by atoms with E-state index in [1.54, 1.807) is 6.08 Å². The van der Waals surface area contributed by atoms with E-state index in [0.29, 0.717) is 0 Å². The Balaban J connectivity index is -0.000000161. The Bertz CT molecular complexity index is 190. The van der Waals surface area contributed by atoms with E-state index in [2.05, 4.69) is 69.0 Å². The van der Waals surface area contributed by atoms with Crippen molar-refractivity contribution in [2.75, 3.05) is 4.43 Å². The van der Waals surface area contributed by atoms with Crippen LogP contribution < -0.4 is 0 Å². The molecule has 1 heteroatoms. The van der Waals surface area contributed by atoms with Gasteiger partial charge in [-0.1, -0.05) is 91.8 Å². The molecule has 0 aliphatic carbocycles. The van der Waals surface area contributed by atoms with Gasteiger partial charge in [0.15, 0.2) is 0 Å². The molecule has 0 nitrogen and oxygen atoms in total. The largest absolute Gasteiger partial charge is 0.103 e. The summed E-state index contributed by atoms with van der Waals surface area (Å²) in [6.45, 7) is 13.7. The van der Waals surface area contributed by atoms with Crippen molar-refractivity contribution in [3.63, 3.8) is 0 Å². The summed E-state index contributed by atoms with van der Waals surface area (Å²) >= 11 is 2.29. The Morgan fingerprint density at radius 2 is 1.38 bits per heavy atom. The summed E-state index contributed by atoms with van der Waals surface area (Å²) in [6.07, 6.45) is 3.00. The predicted octanol–water partition coefficient (Wildman–Crippen LogP) is 6.04. The Kier molecular flexibility index (Phi) is 31.7. The molecule has 0 aliphatic heterocycles. The quantitative estimate of drug-likeness (QED) is 0.308. The number of benzene rings is 1. The van der Waals surface area contributed by atoms with Gasteiger partial charge in [-0.15, -0.1) is 6.58 Å². The van der Waals surface area contributed by atoms with Crippen molar-refractivity contribution in [1.82, 2.24) is 0 Å². The van der Waals surface area contributed by atoms with Crippen molar-refractivity contribution in [2.45, 2.75) is 41.0 Å². The van der Waals surface area contributed by atoms with Crippen molar-refractivity contribution in [2.24, 2.45) is 0 Å². The molecular formula is C15H27I. The van der Waals surface area contributed by atoms with Crippen LogP contribution in [0.5, 0.6) is 0 Å². The zero-order valence-corrected chi connectivity index (χ0v) is 13.6. The molecule has 0 unspecified atom stereocenters. The summed E-state index contributed by atoms with van der Waals surface area (Å²) in [4.78, 5) is 0. The lowest BCUT2D eigenvalue weighted by Crippen LogP contribution is -1.62. The van der Waals surface area contributed by atoms with Crippen molar-refractivity contribution < 1.29 is 0 Å². The molecule has 0 radical (unpaired) electrons. The lowest BCUT2D eigenvalue weighted by molar-refractivity contribution is 1.09. The van der Waals surface area contributed by atoms with Gasteiger partial charge in [0.25, 0.3) is 0 Å². The molecule has 0 N–H and O–H groups in total. The molecule has 1 aromatic carbocycles. The van der Waals surface area contributed by atoms with Crippen molar-refractivity contribution >= 4 is 22.6 Å². The number of allylic oxidation sites excluding steroid dienone is 1. The molecule has 0 bridgehead atoms. The molecule has 0 atom stereocenters. The van der Waals surface area contributed by atoms with Crippen LogP contribution in [0.15, 0.2) is 43.0 Å². The van der Waals surface area contributed by atoms with E-state index < -0.39 is 0 Å². The fourth-order valence-corrected chi connectivity index (χ4v) is 0.534. The maximum absolute atomic E-state index is 3.36. The number of aryl methyl sites for hydroxylation is 1. The van der Waals surface area contributed by atoms with E-state index in [1.807, 2.05) is 25.1 Å². The maximum atomic E-state index is 3.36. The number of hydrogen-bond donors (Lipinski definition) is 0. The SMILES string of the molecule is C=CC.CCC.CCI.Cc1ccccc1.